The summed E-state index contributed by atoms with van der Waals surface area (Å²) in [6.07, 6.45) is 1.69. The molecule has 1 atom stereocenters. The Bertz CT molecular complexity index is 1290. The molecule has 0 aliphatic rings. The van der Waals surface area contributed by atoms with Crippen molar-refractivity contribution in [1.82, 2.24) is 4.98 Å². The number of fused-ring (bicyclic) bond motifs is 1. The van der Waals surface area contributed by atoms with Crippen LogP contribution in [0.1, 0.15) is 35.2 Å². The van der Waals surface area contributed by atoms with Crippen LogP contribution in [0.2, 0.25) is 5.15 Å². The smallest absolute Gasteiger partial charge is 0.196 e. The van der Waals surface area contributed by atoms with Crippen molar-refractivity contribution >= 4 is 28.3 Å². The molecule has 0 saturated heterocycles. The number of anilines is 1. The molecule has 2 heterocycles. The summed E-state index contributed by atoms with van der Waals surface area (Å²) in [5.74, 6) is 0.613. The normalized spacial score (nSPS) is 12.2. The number of hydrogen-bond acceptors (Lipinski definition) is 4. The fourth-order valence-corrected chi connectivity index (χ4v) is 3.85. The third kappa shape index (κ3) is 3.83. The largest absolute Gasteiger partial charge is 0.455 e. The van der Waals surface area contributed by atoms with Crippen LogP contribution in [-0.4, -0.2) is 4.98 Å². The SMILES string of the molecule is Cc1cccc(-c2oc3c(C(C)Nc4ccc(Cl)nc4)cc(C)cc3c(=O)c2C)c1. The Morgan fingerprint density at radius 1 is 1.03 bits per heavy atom. The lowest BCUT2D eigenvalue weighted by Crippen LogP contribution is -2.12. The quantitative estimate of drug-likeness (QED) is 0.379. The number of hydrogen-bond donors (Lipinski definition) is 1. The van der Waals surface area contributed by atoms with Gasteiger partial charge in [-0.3, -0.25) is 4.79 Å². The number of halogens is 1. The Hall–Kier alpha value is -3.11. The van der Waals surface area contributed by atoms with Crippen molar-refractivity contribution in [3.63, 3.8) is 0 Å². The number of pyridine rings is 1. The summed E-state index contributed by atoms with van der Waals surface area (Å²) in [6, 6.07) is 15.5. The molecular formula is C25H23ClN2O2. The summed E-state index contributed by atoms with van der Waals surface area (Å²) in [6.45, 7) is 7.88. The lowest BCUT2D eigenvalue weighted by molar-refractivity contribution is 0.605. The van der Waals surface area contributed by atoms with Gasteiger partial charge in [-0.1, -0.05) is 41.4 Å². The highest BCUT2D eigenvalue weighted by Crippen LogP contribution is 2.32. The van der Waals surface area contributed by atoms with E-state index in [0.29, 0.717) is 27.4 Å². The number of nitrogens with one attached hydrogen (secondary N) is 1. The number of benzene rings is 2. The predicted molar refractivity (Wildman–Crippen MR) is 123 cm³/mol. The van der Waals surface area contributed by atoms with E-state index in [1.807, 2.05) is 64.1 Å². The molecule has 152 valence electrons. The van der Waals surface area contributed by atoms with Gasteiger partial charge in [0.1, 0.15) is 16.5 Å². The van der Waals surface area contributed by atoms with E-state index in [9.17, 15) is 4.79 Å². The van der Waals surface area contributed by atoms with E-state index >= 15 is 0 Å². The van der Waals surface area contributed by atoms with Gasteiger partial charge in [0.05, 0.1) is 23.3 Å². The highest BCUT2D eigenvalue weighted by molar-refractivity contribution is 6.29. The second kappa shape index (κ2) is 7.96. The third-order valence-electron chi connectivity index (χ3n) is 5.25. The van der Waals surface area contributed by atoms with E-state index in [1.165, 1.54) is 0 Å². The molecule has 5 heteroatoms. The van der Waals surface area contributed by atoms with Crippen LogP contribution in [0.4, 0.5) is 5.69 Å². The first kappa shape index (κ1) is 20.2. The molecule has 4 rings (SSSR count). The van der Waals surface area contributed by atoms with Crippen LogP contribution in [0.3, 0.4) is 0 Å². The molecule has 0 amide bonds. The molecule has 0 fully saturated rings. The Morgan fingerprint density at radius 2 is 1.83 bits per heavy atom. The monoisotopic (exact) mass is 418 g/mol. The van der Waals surface area contributed by atoms with Gasteiger partial charge in [-0.2, -0.15) is 0 Å². The van der Waals surface area contributed by atoms with Gasteiger partial charge >= 0.3 is 0 Å². The first-order valence-corrected chi connectivity index (χ1v) is 10.2. The summed E-state index contributed by atoms with van der Waals surface area (Å²) >= 11 is 5.89. The van der Waals surface area contributed by atoms with Crippen molar-refractivity contribution in [2.24, 2.45) is 0 Å². The van der Waals surface area contributed by atoms with Gasteiger partial charge in [0.25, 0.3) is 0 Å². The van der Waals surface area contributed by atoms with Crippen molar-refractivity contribution in [2.75, 3.05) is 5.32 Å². The van der Waals surface area contributed by atoms with Gasteiger partial charge in [-0.25, -0.2) is 4.98 Å². The zero-order valence-corrected chi connectivity index (χ0v) is 18.2. The molecule has 0 bridgehead atoms. The average molecular weight is 419 g/mol. The second-order valence-corrected chi connectivity index (χ2v) is 8.11. The molecule has 0 aliphatic carbocycles. The van der Waals surface area contributed by atoms with E-state index < -0.39 is 0 Å². The molecule has 1 N–H and O–H groups in total. The summed E-state index contributed by atoms with van der Waals surface area (Å²) < 4.78 is 6.40. The molecular weight excluding hydrogens is 396 g/mol. The number of nitrogens with zero attached hydrogens (tertiary/aromatic N) is 1. The highest BCUT2D eigenvalue weighted by atomic mass is 35.5. The Kier molecular flexibility index (Phi) is 5.35. The van der Waals surface area contributed by atoms with E-state index in [1.54, 1.807) is 12.3 Å². The van der Waals surface area contributed by atoms with Crippen LogP contribution in [0.5, 0.6) is 0 Å². The predicted octanol–water partition coefficient (Wildman–Crippen LogP) is 6.61. The summed E-state index contributed by atoms with van der Waals surface area (Å²) in [7, 11) is 0. The summed E-state index contributed by atoms with van der Waals surface area (Å²) in [5, 5.41) is 4.47. The van der Waals surface area contributed by atoms with Gasteiger partial charge in [0, 0.05) is 16.7 Å². The topological polar surface area (TPSA) is 55.1 Å². The molecule has 0 aliphatic heterocycles. The summed E-state index contributed by atoms with van der Waals surface area (Å²) in [5.41, 5.74) is 6.01. The molecule has 0 spiro atoms. The molecule has 1 unspecified atom stereocenters. The van der Waals surface area contributed by atoms with E-state index in [0.717, 1.165) is 27.9 Å². The fraction of sp³-hybridized carbons (Fsp3) is 0.200. The zero-order chi connectivity index (χ0) is 21.4. The first-order valence-electron chi connectivity index (χ1n) is 9.86. The minimum Gasteiger partial charge on any atom is -0.455 e. The van der Waals surface area contributed by atoms with Crippen molar-refractivity contribution in [3.8, 4) is 11.3 Å². The molecule has 4 nitrogen and oxygen atoms in total. The van der Waals surface area contributed by atoms with E-state index in [-0.39, 0.29) is 11.5 Å². The van der Waals surface area contributed by atoms with Crippen molar-refractivity contribution in [2.45, 2.75) is 33.7 Å². The maximum absolute atomic E-state index is 13.2. The fourth-order valence-electron chi connectivity index (χ4n) is 3.74. The lowest BCUT2D eigenvalue weighted by atomic mass is 9.98. The molecule has 0 radical (unpaired) electrons. The van der Waals surface area contributed by atoms with E-state index in [2.05, 4.69) is 16.4 Å². The number of rotatable bonds is 4. The van der Waals surface area contributed by atoms with Crippen LogP contribution in [0.15, 0.2) is 63.9 Å². The number of aryl methyl sites for hydroxylation is 2. The Balaban J connectivity index is 1.89. The molecule has 4 aromatic rings. The maximum atomic E-state index is 13.2. The molecule has 2 aromatic carbocycles. The minimum atomic E-state index is -0.105. The van der Waals surface area contributed by atoms with E-state index in [4.69, 9.17) is 16.0 Å². The summed E-state index contributed by atoms with van der Waals surface area (Å²) in [4.78, 5) is 17.3. The van der Waals surface area contributed by atoms with Crippen molar-refractivity contribution < 1.29 is 4.42 Å². The number of aromatic nitrogens is 1. The lowest BCUT2D eigenvalue weighted by Gasteiger charge is -2.18. The Labute approximate surface area is 180 Å². The maximum Gasteiger partial charge on any atom is 0.196 e. The van der Waals surface area contributed by atoms with Gasteiger partial charge in [0.2, 0.25) is 0 Å². The van der Waals surface area contributed by atoms with Crippen LogP contribution in [0.25, 0.3) is 22.3 Å². The standard InChI is InChI=1S/C25H23ClN2O2/c1-14-6-5-7-18(10-14)24-16(3)23(29)21-12-15(2)11-20(25(21)30-24)17(4)28-19-8-9-22(26)27-13-19/h5-13,17,28H,1-4H3. The third-order valence-corrected chi connectivity index (χ3v) is 5.47. The average Bonchev–Trinajstić information content (AvgIpc) is 2.72. The van der Waals surface area contributed by atoms with Crippen LogP contribution in [-0.2, 0) is 0 Å². The molecule has 30 heavy (non-hydrogen) atoms. The highest BCUT2D eigenvalue weighted by Gasteiger charge is 2.19. The van der Waals surface area contributed by atoms with Crippen molar-refractivity contribution in [1.29, 1.82) is 0 Å². The van der Waals surface area contributed by atoms with Gasteiger partial charge in [-0.15, -0.1) is 0 Å². The minimum absolute atomic E-state index is 0.00179. The Morgan fingerprint density at radius 3 is 2.53 bits per heavy atom. The van der Waals surface area contributed by atoms with Crippen LogP contribution in [0, 0.1) is 20.8 Å². The van der Waals surface area contributed by atoms with Gasteiger partial charge < -0.3 is 9.73 Å². The van der Waals surface area contributed by atoms with Crippen LogP contribution < -0.4 is 10.7 Å². The second-order valence-electron chi connectivity index (χ2n) is 7.72. The zero-order valence-electron chi connectivity index (χ0n) is 17.4. The molecule has 0 saturated carbocycles. The van der Waals surface area contributed by atoms with Gasteiger partial charge in [0.15, 0.2) is 5.43 Å². The first-order chi connectivity index (χ1) is 14.3. The van der Waals surface area contributed by atoms with Gasteiger partial charge in [-0.05, 0) is 57.5 Å². The molecule has 2 aromatic heterocycles. The van der Waals surface area contributed by atoms with Crippen LogP contribution >= 0.6 is 11.6 Å². The van der Waals surface area contributed by atoms with Crippen molar-refractivity contribution in [3.05, 3.63) is 92.4 Å².